The van der Waals surface area contributed by atoms with Crippen molar-refractivity contribution in [3.05, 3.63) is 39.6 Å². The average molecular weight is 408 g/mol. The van der Waals surface area contributed by atoms with E-state index in [9.17, 15) is 5.11 Å². The van der Waals surface area contributed by atoms with Gasteiger partial charge in [-0.25, -0.2) is 0 Å². The summed E-state index contributed by atoms with van der Waals surface area (Å²) in [6.45, 7) is 0.458. The minimum absolute atomic E-state index is 0.169. The Balaban J connectivity index is 1.44. The summed E-state index contributed by atoms with van der Waals surface area (Å²) in [6.07, 6.45) is 6.29. The zero-order valence-corrected chi connectivity index (χ0v) is 16.5. The zero-order chi connectivity index (χ0) is 18.5. The van der Waals surface area contributed by atoms with Crippen LogP contribution in [-0.4, -0.2) is 22.5 Å². The number of ether oxygens (including phenoxy) is 1. The Bertz CT molecular complexity index is 814. The van der Waals surface area contributed by atoms with Crippen molar-refractivity contribution in [2.45, 2.75) is 63.3 Å². The largest absolute Gasteiger partial charge is 0.393 e. The molecular formula is C21H23Cl2NO3. The maximum Gasteiger partial charge on any atom is 0.145 e. The SMILES string of the molecule is O[C@H]1C[C@H]2CC[C@@H](C1)C2OCc1c(-c2c(Cl)cccc2Cl)noc1C1CC1. The number of benzene rings is 1. The number of aromatic nitrogens is 1. The summed E-state index contributed by atoms with van der Waals surface area (Å²) in [7, 11) is 0. The Labute approximate surface area is 168 Å². The van der Waals surface area contributed by atoms with Crippen LogP contribution in [0.15, 0.2) is 22.7 Å². The first-order chi connectivity index (χ1) is 13.1. The Hall–Kier alpha value is -1.07. The van der Waals surface area contributed by atoms with Gasteiger partial charge in [0.25, 0.3) is 0 Å². The fraction of sp³-hybridized carbons (Fsp3) is 0.571. The van der Waals surface area contributed by atoms with Gasteiger partial charge >= 0.3 is 0 Å². The average Bonchev–Trinajstić information content (AvgIpc) is 3.34. The number of hydrogen-bond donors (Lipinski definition) is 1. The molecule has 27 heavy (non-hydrogen) atoms. The Morgan fingerprint density at radius 3 is 2.37 bits per heavy atom. The van der Waals surface area contributed by atoms with Crippen LogP contribution in [0, 0.1) is 11.8 Å². The van der Waals surface area contributed by atoms with E-state index in [0.717, 1.165) is 55.4 Å². The standard InChI is InChI=1S/C21H23Cl2NO3/c22-16-2-1-3-17(23)18(16)19-15(21(27-24-19)11-4-5-11)10-26-20-12-6-7-13(20)9-14(25)8-12/h1-3,11-14,20,25H,4-10H2/t12-,13+,14+,20?. The summed E-state index contributed by atoms with van der Waals surface area (Å²) in [5.41, 5.74) is 2.41. The van der Waals surface area contributed by atoms with E-state index >= 15 is 0 Å². The van der Waals surface area contributed by atoms with Crippen molar-refractivity contribution >= 4 is 23.2 Å². The van der Waals surface area contributed by atoms with E-state index in [4.69, 9.17) is 32.5 Å². The first kappa shape index (κ1) is 18.0. The molecule has 0 spiro atoms. The summed E-state index contributed by atoms with van der Waals surface area (Å²) in [5.74, 6) is 2.26. The molecule has 5 rings (SSSR count). The monoisotopic (exact) mass is 407 g/mol. The molecule has 144 valence electrons. The van der Waals surface area contributed by atoms with Crippen LogP contribution >= 0.6 is 23.2 Å². The quantitative estimate of drug-likeness (QED) is 0.701. The maximum atomic E-state index is 10.0. The van der Waals surface area contributed by atoms with Gasteiger partial charge in [-0.15, -0.1) is 0 Å². The Morgan fingerprint density at radius 2 is 1.74 bits per heavy atom. The van der Waals surface area contributed by atoms with Crippen LogP contribution in [0.25, 0.3) is 11.3 Å². The molecule has 3 aliphatic rings. The summed E-state index contributed by atoms with van der Waals surface area (Å²) in [5, 5.41) is 15.5. The van der Waals surface area contributed by atoms with Crippen LogP contribution < -0.4 is 0 Å². The third kappa shape index (κ3) is 3.31. The van der Waals surface area contributed by atoms with Gasteiger partial charge in [0.15, 0.2) is 0 Å². The summed E-state index contributed by atoms with van der Waals surface area (Å²) in [6, 6.07) is 5.47. The third-order valence-electron chi connectivity index (χ3n) is 6.37. The molecule has 2 bridgehead atoms. The lowest BCUT2D eigenvalue weighted by molar-refractivity contribution is -0.0591. The maximum absolute atomic E-state index is 10.0. The number of aliphatic hydroxyl groups is 1. The molecule has 1 aromatic heterocycles. The Kier molecular flexibility index (Phi) is 4.71. The van der Waals surface area contributed by atoms with Crippen LogP contribution in [0.5, 0.6) is 0 Å². The van der Waals surface area contributed by atoms with E-state index in [0.29, 0.717) is 40.1 Å². The molecule has 0 amide bonds. The number of nitrogens with zero attached hydrogens (tertiary/aromatic N) is 1. The van der Waals surface area contributed by atoms with Gasteiger partial charge in [0.1, 0.15) is 11.5 Å². The molecule has 4 nitrogen and oxygen atoms in total. The van der Waals surface area contributed by atoms with Crippen LogP contribution in [0.1, 0.15) is 55.8 Å². The molecule has 2 aromatic rings. The minimum Gasteiger partial charge on any atom is -0.393 e. The van der Waals surface area contributed by atoms with Crippen LogP contribution in [0.3, 0.4) is 0 Å². The topological polar surface area (TPSA) is 55.5 Å². The van der Waals surface area contributed by atoms with Crippen molar-refractivity contribution < 1.29 is 14.4 Å². The molecule has 1 aromatic carbocycles. The molecule has 1 unspecified atom stereocenters. The smallest absolute Gasteiger partial charge is 0.145 e. The second-order valence-electron chi connectivity index (χ2n) is 8.24. The van der Waals surface area contributed by atoms with Crippen molar-refractivity contribution in [3.63, 3.8) is 0 Å². The number of fused-ring (bicyclic) bond motifs is 2. The molecule has 3 saturated carbocycles. The molecule has 1 N–H and O–H groups in total. The van der Waals surface area contributed by atoms with Gasteiger partial charge in [0.2, 0.25) is 0 Å². The van der Waals surface area contributed by atoms with Gasteiger partial charge in [-0.1, -0.05) is 34.4 Å². The van der Waals surface area contributed by atoms with Crippen molar-refractivity contribution in [3.8, 4) is 11.3 Å². The van der Waals surface area contributed by atoms with E-state index in [1.807, 2.05) is 18.2 Å². The third-order valence-corrected chi connectivity index (χ3v) is 7.00. The second kappa shape index (κ2) is 7.07. The number of rotatable bonds is 5. The van der Waals surface area contributed by atoms with Gasteiger partial charge in [0.05, 0.1) is 28.9 Å². The van der Waals surface area contributed by atoms with Crippen LogP contribution in [0.4, 0.5) is 0 Å². The molecule has 0 aliphatic heterocycles. The fourth-order valence-corrected chi connectivity index (χ4v) is 5.52. The van der Waals surface area contributed by atoms with Gasteiger partial charge in [-0.3, -0.25) is 0 Å². The highest BCUT2D eigenvalue weighted by atomic mass is 35.5. The van der Waals surface area contributed by atoms with E-state index in [1.54, 1.807) is 0 Å². The first-order valence-corrected chi connectivity index (χ1v) is 10.6. The van der Waals surface area contributed by atoms with Gasteiger partial charge in [-0.05, 0) is 62.5 Å². The van der Waals surface area contributed by atoms with Crippen LogP contribution in [-0.2, 0) is 11.3 Å². The lowest BCUT2D eigenvalue weighted by atomic mass is 9.84. The molecule has 0 radical (unpaired) electrons. The predicted octanol–water partition coefficient (Wildman–Crippen LogP) is 5.59. The Morgan fingerprint density at radius 1 is 1.07 bits per heavy atom. The highest BCUT2D eigenvalue weighted by molar-refractivity contribution is 6.39. The summed E-state index contributed by atoms with van der Waals surface area (Å²) in [4.78, 5) is 0. The van der Waals surface area contributed by atoms with Crippen molar-refractivity contribution in [2.75, 3.05) is 0 Å². The van der Waals surface area contributed by atoms with E-state index in [-0.39, 0.29) is 12.2 Å². The molecular weight excluding hydrogens is 385 g/mol. The van der Waals surface area contributed by atoms with E-state index < -0.39 is 0 Å². The van der Waals surface area contributed by atoms with Gasteiger partial charge < -0.3 is 14.4 Å². The minimum atomic E-state index is -0.169. The first-order valence-electron chi connectivity index (χ1n) is 9.84. The zero-order valence-electron chi connectivity index (χ0n) is 15.0. The lowest BCUT2D eigenvalue weighted by Gasteiger charge is -2.33. The molecule has 1 heterocycles. The number of halogens is 2. The molecule has 0 saturated heterocycles. The molecule has 6 heteroatoms. The number of hydrogen-bond acceptors (Lipinski definition) is 4. The van der Waals surface area contributed by atoms with Crippen molar-refractivity contribution in [2.24, 2.45) is 11.8 Å². The van der Waals surface area contributed by atoms with Crippen molar-refractivity contribution in [1.29, 1.82) is 0 Å². The van der Waals surface area contributed by atoms with E-state index in [1.165, 1.54) is 0 Å². The summed E-state index contributed by atoms with van der Waals surface area (Å²) >= 11 is 12.9. The lowest BCUT2D eigenvalue weighted by Crippen LogP contribution is -2.35. The molecule has 3 fully saturated rings. The highest BCUT2D eigenvalue weighted by Gasteiger charge is 2.43. The predicted molar refractivity (Wildman–Crippen MR) is 104 cm³/mol. The van der Waals surface area contributed by atoms with E-state index in [2.05, 4.69) is 5.16 Å². The van der Waals surface area contributed by atoms with Gasteiger partial charge in [0, 0.05) is 17.0 Å². The second-order valence-corrected chi connectivity index (χ2v) is 9.06. The van der Waals surface area contributed by atoms with Crippen molar-refractivity contribution in [1.82, 2.24) is 5.16 Å². The number of aliphatic hydroxyl groups excluding tert-OH is 1. The summed E-state index contributed by atoms with van der Waals surface area (Å²) < 4.78 is 12.1. The van der Waals surface area contributed by atoms with Crippen LogP contribution in [0.2, 0.25) is 10.0 Å². The fourth-order valence-electron chi connectivity index (χ4n) is 4.94. The normalized spacial score (nSPS) is 30.0. The molecule has 3 aliphatic carbocycles. The molecule has 4 atom stereocenters. The highest BCUT2D eigenvalue weighted by Crippen LogP contribution is 2.48. The van der Waals surface area contributed by atoms with Gasteiger partial charge in [-0.2, -0.15) is 0 Å².